The molecule has 1 amide bonds. The SMILES string of the molecule is CC(=O)NCc1ccc(-c2cnc(N)c(-c3nc4ccccc4[nH]3)n2)cc1.[HH].[HH].[HH].[HH]. The smallest absolute Gasteiger partial charge is 0.217 e. The van der Waals surface area contributed by atoms with Crippen molar-refractivity contribution in [2.75, 3.05) is 5.73 Å². The molecule has 0 unspecified atom stereocenters. The van der Waals surface area contributed by atoms with Crippen molar-refractivity contribution in [2.45, 2.75) is 13.5 Å². The Morgan fingerprint density at radius 1 is 1.15 bits per heavy atom. The quantitative estimate of drug-likeness (QED) is 0.507. The summed E-state index contributed by atoms with van der Waals surface area (Å²) in [5.41, 5.74) is 10.9. The summed E-state index contributed by atoms with van der Waals surface area (Å²) >= 11 is 0. The Bertz CT molecular complexity index is 1100. The van der Waals surface area contributed by atoms with Gasteiger partial charge in [0.2, 0.25) is 5.91 Å². The van der Waals surface area contributed by atoms with Gasteiger partial charge in [-0.15, -0.1) is 0 Å². The first-order valence-corrected chi connectivity index (χ1v) is 8.51. The van der Waals surface area contributed by atoms with Gasteiger partial charge in [-0.3, -0.25) is 4.79 Å². The fourth-order valence-corrected chi connectivity index (χ4v) is 2.80. The molecule has 0 radical (unpaired) electrons. The van der Waals surface area contributed by atoms with E-state index in [4.69, 9.17) is 5.73 Å². The number of aromatic amines is 1. The van der Waals surface area contributed by atoms with E-state index in [-0.39, 0.29) is 11.6 Å². The summed E-state index contributed by atoms with van der Waals surface area (Å²) in [7, 11) is 0. The zero-order chi connectivity index (χ0) is 18.8. The summed E-state index contributed by atoms with van der Waals surface area (Å²) in [6.07, 6.45) is 1.64. The molecule has 7 nitrogen and oxygen atoms in total. The van der Waals surface area contributed by atoms with Gasteiger partial charge in [-0.2, -0.15) is 0 Å². The second kappa shape index (κ2) is 6.87. The zero-order valence-electron chi connectivity index (χ0n) is 14.7. The molecule has 0 aliphatic carbocycles. The maximum Gasteiger partial charge on any atom is 0.217 e. The van der Waals surface area contributed by atoms with Crippen LogP contribution in [-0.2, 0) is 11.3 Å². The molecule has 2 aromatic heterocycles. The molecule has 7 heteroatoms. The molecular weight excluding hydrogens is 340 g/mol. The van der Waals surface area contributed by atoms with E-state index in [0.717, 1.165) is 22.2 Å². The van der Waals surface area contributed by atoms with Crippen LogP contribution in [0.15, 0.2) is 54.7 Å². The Hall–Kier alpha value is -3.74. The van der Waals surface area contributed by atoms with Crippen molar-refractivity contribution in [3.63, 3.8) is 0 Å². The summed E-state index contributed by atoms with van der Waals surface area (Å²) in [5, 5.41) is 2.78. The molecule has 2 heterocycles. The third-order valence-electron chi connectivity index (χ3n) is 4.21. The standard InChI is InChI=1S/C20H18N6O.4H2/c1-12(27)22-10-13-6-8-14(9-7-13)17-11-23-19(21)18(24-17)20-25-15-4-2-3-5-16(15)26-20;;;;/h2-9,11H,10H2,1H3,(H2,21,23)(H,22,27)(H,25,26);4*1H. The number of imidazole rings is 1. The highest BCUT2D eigenvalue weighted by Crippen LogP contribution is 2.26. The lowest BCUT2D eigenvalue weighted by atomic mass is 10.1. The molecule has 0 spiro atoms. The van der Waals surface area contributed by atoms with Gasteiger partial charge in [0, 0.05) is 24.7 Å². The van der Waals surface area contributed by atoms with E-state index in [2.05, 4.69) is 25.3 Å². The Labute approximate surface area is 161 Å². The fourth-order valence-electron chi connectivity index (χ4n) is 2.80. The third kappa shape index (κ3) is 3.48. The Morgan fingerprint density at radius 3 is 2.67 bits per heavy atom. The van der Waals surface area contributed by atoms with Gasteiger partial charge in [-0.1, -0.05) is 36.4 Å². The Balaban J connectivity index is 0.00000225. The van der Waals surface area contributed by atoms with Crippen LogP contribution in [0.1, 0.15) is 18.2 Å². The maximum atomic E-state index is 11.0. The molecule has 4 rings (SSSR count). The Morgan fingerprint density at radius 2 is 1.93 bits per heavy atom. The number of rotatable bonds is 4. The normalized spacial score (nSPS) is 10.9. The number of fused-ring (bicyclic) bond motifs is 1. The minimum absolute atomic E-state index is 0. The molecule has 4 N–H and O–H groups in total. The number of nitrogens with zero attached hydrogens (tertiary/aromatic N) is 3. The van der Waals surface area contributed by atoms with Crippen LogP contribution in [0.25, 0.3) is 33.8 Å². The molecule has 4 aromatic rings. The number of hydrogen-bond donors (Lipinski definition) is 3. The summed E-state index contributed by atoms with van der Waals surface area (Å²) in [6.45, 7) is 1.99. The highest BCUT2D eigenvalue weighted by Gasteiger charge is 2.13. The third-order valence-corrected chi connectivity index (χ3v) is 4.21. The van der Waals surface area contributed by atoms with E-state index >= 15 is 0 Å². The van der Waals surface area contributed by atoms with Crippen molar-refractivity contribution in [2.24, 2.45) is 0 Å². The minimum Gasteiger partial charge on any atom is -0.382 e. The van der Waals surface area contributed by atoms with Gasteiger partial charge < -0.3 is 16.0 Å². The van der Waals surface area contributed by atoms with Crippen LogP contribution in [0.4, 0.5) is 5.82 Å². The number of carbonyl (C=O) groups excluding carboxylic acids is 1. The lowest BCUT2D eigenvalue weighted by Gasteiger charge is -2.07. The summed E-state index contributed by atoms with van der Waals surface area (Å²) < 4.78 is 0. The van der Waals surface area contributed by atoms with Crippen molar-refractivity contribution in [1.29, 1.82) is 0 Å². The second-order valence-electron chi connectivity index (χ2n) is 6.20. The molecule has 0 bridgehead atoms. The van der Waals surface area contributed by atoms with E-state index in [0.29, 0.717) is 29.6 Å². The number of H-pyrrole nitrogens is 1. The van der Waals surface area contributed by atoms with Gasteiger partial charge in [0.1, 0.15) is 5.69 Å². The van der Waals surface area contributed by atoms with E-state index in [1.165, 1.54) is 6.92 Å². The van der Waals surface area contributed by atoms with Crippen molar-refractivity contribution in [1.82, 2.24) is 25.3 Å². The molecule has 2 aromatic carbocycles. The first kappa shape index (κ1) is 16.7. The van der Waals surface area contributed by atoms with Crippen LogP contribution in [0.2, 0.25) is 0 Å². The highest BCUT2D eigenvalue weighted by atomic mass is 16.1. The molecule has 0 aliphatic rings. The number of nitrogen functional groups attached to an aromatic ring is 1. The number of hydrogen-bond acceptors (Lipinski definition) is 5. The van der Waals surface area contributed by atoms with Crippen molar-refractivity contribution in [3.05, 3.63) is 60.3 Å². The zero-order valence-corrected chi connectivity index (χ0v) is 14.7. The first-order valence-electron chi connectivity index (χ1n) is 8.51. The van der Waals surface area contributed by atoms with Crippen molar-refractivity contribution < 1.29 is 10.5 Å². The second-order valence-corrected chi connectivity index (χ2v) is 6.20. The first-order chi connectivity index (χ1) is 13.1. The Kier molecular flexibility index (Phi) is 4.25. The van der Waals surface area contributed by atoms with Crippen LogP contribution in [0.3, 0.4) is 0 Å². The summed E-state index contributed by atoms with van der Waals surface area (Å²) in [6, 6.07) is 15.5. The number of benzene rings is 2. The van der Waals surface area contributed by atoms with E-state index in [1.807, 2.05) is 48.5 Å². The molecule has 0 fully saturated rings. The minimum atomic E-state index is -0.0565. The molecule has 0 saturated heterocycles. The van der Waals surface area contributed by atoms with Crippen LogP contribution < -0.4 is 11.1 Å². The van der Waals surface area contributed by atoms with Crippen LogP contribution >= 0.6 is 0 Å². The predicted octanol–water partition coefficient (Wildman–Crippen LogP) is 3.89. The van der Waals surface area contributed by atoms with E-state index < -0.39 is 0 Å². The van der Waals surface area contributed by atoms with Crippen molar-refractivity contribution >= 4 is 22.8 Å². The lowest BCUT2D eigenvalue weighted by molar-refractivity contribution is -0.119. The van der Waals surface area contributed by atoms with Crippen LogP contribution in [-0.4, -0.2) is 25.8 Å². The number of aromatic nitrogens is 4. The number of para-hydroxylation sites is 2. The molecule has 27 heavy (non-hydrogen) atoms. The van der Waals surface area contributed by atoms with Gasteiger partial charge in [-0.25, -0.2) is 15.0 Å². The van der Waals surface area contributed by atoms with Gasteiger partial charge in [0.05, 0.1) is 22.9 Å². The van der Waals surface area contributed by atoms with Gasteiger partial charge >= 0.3 is 0 Å². The maximum absolute atomic E-state index is 11.0. The highest BCUT2D eigenvalue weighted by molar-refractivity contribution is 5.81. The largest absolute Gasteiger partial charge is 0.382 e. The monoisotopic (exact) mass is 366 g/mol. The van der Waals surface area contributed by atoms with Crippen LogP contribution in [0, 0.1) is 0 Å². The molecule has 0 atom stereocenters. The van der Waals surface area contributed by atoms with Gasteiger partial charge in [0.15, 0.2) is 11.6 Å². The number of anilines is 1. The number of amides is 1. The van der Waals surface area contributed by atoms with E-state index in [9.17, 15) is 4.79 Å². The van der Waals surface area contributed by atoms with Gasteiger partial charge in [0.25, 0.3) is 0 Å². The molecule has 0 saturated carbocycles. The summed E-state index contributed by atoms with van der Waals surface area (Å²) in [5.74, 6) is 0.851. The molecule has 142 valence electrons. The van der Waals surface area contributed by atoms with Crippen LogP contribution in [0.5, 0.6) is 0 Å². The topological polar surface area (TPSA) is 110 Å². The summed E-state index contributed by atoms with van der Waals surface area (Å²) in [4.78, 5) is 27.8. The lowest BCUT2D eigenvalue weighted by Crippen LogP contribution is -2.18. The predicted molar refractivity (Wildman–Crippen MR) is 113 cm³/mol. The molecular formula is C20H26N6O. The number of carbonyl (C=O) groups is 1. The van der Waals surface area contributed by atoms with Crippen molar-refractivity contribution in [3.8, 4) is 22.8 Å². The average Bonchev–Trinajstić information content (AvgIpc) is 3.11. The fraction of sp³-hybridized carbons (Fsp3) is 0.100. The van der Waals surface area contributed by atoms with E-state index in [1.54, 1.807) is 6.20 Å². The molecule has 0 aliphatic heterocycles. The number of nitrogens with two attached hydrogens (primary N) is 1. The number of nitrogens with one attached hydrogen (secondary N) is 2. The van der Waals surface area contributed by atoms with Gasteiger partial charge in [-0.05, 0) is 17.7 Å². The average molecular weight is 366 g/mol.